The topological polar surface area (TPSA) is 20.3 Å². The van der Waals surface area contributed by atoms with Gasteiger partial charge in [0.15, 0.2) is 0 Å². The van der Waals surface area contributed by atoms with E-state index in [4.69, 9.17) is 23.2 Å². The summed E-state index contributed by atoms with van der Waals surface area (Å²) in [5.74, 6) is -0.00841. The standard InChI is InChI=1S/C12H13Cl2NO/c1-3-6-15(9(2)16)8-10-4-5-11(13)7-12(10)14/h3-5,7H,1,6,8H2,2H3. The van der Waals surface area contributed by atoms with Crippen LogP contribution in [0.3, 0.4) is 0 Å². The van der Waals surface area contributed by atoms with Crippen LogP contribution in [0.2, 0.25) is 10.0 Å². The van der Waals surface area contributed by atoms with E-state index in [0.717, 1.165) is 5.56 Å². The van der Waals surface area contributed by atoms with Crippen LogP contribution in [0.4, 0.5) is 0 Å². The Kier molecular flexibility index (Phi) is 4.84. The molecule has 0 saturated carbocycles. The van der Waals surface area contributed by atoms with Crippen LogP contribution in [0.25, 0.3) is 0 Å². The maximum absolute atomic E-state index is 11.3. The molecule has 16 heavy (non-hydrogen) atoms. The lowest BCUT2D eigenvalue weighted by atomic mass is 10.2. The molecule has 0 spiro atoms. The van der Waals surface area contributed by atoms with Gasteiger partial charge in [0.05, 0.1) is 0 Å². The first-order chi connectivity index (χ1) is 7.54. The molecule has 0 N–H and O–H groups in total. The molecule has 0 fully saturated rings. The fourth-order valence-corrected chi connectivity index (χ4v) is 1.78. The first kappa shape index (κ1) is 13.1. The molecule has 0 aliphatic rings. The van der Waals surface area contributed by atoms with E-state index in [1.54, 1.807) is 23.1 Å². The summed E-state index contributed by atoms with van der Waals surface area (Å²) in [5, 5.41) is 1.16. The third-order valence-corrected chi connectivity index (χ3v) is 2.76. The second-order valence-electron chi connectivity index (χ2n) is 3.42. The van der Waals surface area contributed by atoms with Gasteiger partial charge in [-0.25, -0.2) is 0 Å². The zero-order valence-corrected chi connectivity index (χ0v) is 10.6. The number of hydrogen-bond acceptors (Lipinski definition) is 1. The van der Waals surface area contributed by atoms with Crippen LogP contribution in [0.1, 0.15) is 12.5 Å². The Labute approximate surface area is 105 Å². The zero-order valence-electron chi connectivity index (χ0n) is 9.04. The Hall–Kier alpha value is -0.990. The van der Waals surface area contributed by atoms with Crippen molar-refractivity contribution >= 4 is 29.1 Å². The summed E-state index contributed by atoms with van der Waals surface area (Å²) in [6, 6.07) is 5.25. The highest BCUT2D eigenvalue weighted by Gasteiger charge is 2.10. The molecule has 0 unspecified atom stereocenters. The fourth-order valence-electron chi connectivity index (χ4n) is 1.32. The maximum Gasteiger partial charge on any atom is 0.220 e. The zero-order chi connectivity index (χ0) is 12.1. The van der Waals surface area contributed by atoms with Crippen LogP contribution < -0.4 is 0 Å². The quantitative estimate of drug-likeness (QED) is 0.756. The Bertz CT molecular complexity index is 404. The molecule has 1 rings (SSSR count). The summed E-state index contributed by atoms with van der Waals surface area (Å²) in [4.78, 5) is 13.0. The normalized spacial score (nSPS) is 9.94. The van der Waals surface area contributed by atoms with Gasteiger partial charge < -0.3 is 4.90 Å². The molecule has 0 bridgehead atoms. The monoisotopic (exact) mass is 257 g/mol. The van der Waals surface area contributed by atoms with E-state index in [1.165, 1.54) is 6.92 Å². The predicted molar refractivity (Wildman–Crippen MR) is 67.8 cm³/mol. The lowest BCUT2D eigenvalue weighted by Crippen LogP contribution is -2.28. The average Bonchev–Trinajstić information content (AvgIpc) is 2.20. The summed E-state index contributed by atoms with van der Waals surface area (Å²) in [7, 11) is 0. The fraction of sp³-hybridized carbons (Fsp3) is 0.250. The third-order valence-electron chi connectivity index (χ3n) is 2.17. The molecular weight excluding hydrogens is 245 g/mol. The van der Waals surface area contributed by atoms with Gasteiger partial charge in [-0.05, 0) is 17.7 Å². The van der Waals surface area contributed by atoms with Gasteiger partial charge in [0.1, 0.15) is 0 Å². The van der Waals surface area contributed by atoms with Crippen molar-refractivity contribution in [1.82, 2.24) is 4.90 Å². The molecule has 4 heteroatoms. The Morgan fingerprint density at radius 1 is 1.50 bits per heavy atom. The average molecular weight is 258 g/mol. The smallest absolute Gasteiger partial charge is 0.220 e. The van der Waals surface area contributed by atoms with E-state index in [9.17, 15) is 4.79 Å². The molecule has 0 heterocycles. The molecule has 0 aromatic heterocycles. The van der Waals surface area contributed by atoms with Crippen LogP contribution in [-0.2, 0) is 11.3 Å². The second-order valence-corrected chi connectivity index (χ2v) is 4.27. The van der Waals surface area contributed by atoms with Crippen molar-refractivity contribution in [3.8, 4) is 0 Å². The summed E-state index contributed by atoms with van der Waals surface area (Å²) < 4.78 is 0. The first-order valence-electron chi connectivity index (χ1n) is 4.85. The molecule has 0 aliphatic heterocycles. The first-order valence-corrected chi connectivity index (χ1v) is 5.60. The lowest BCUT2D eigenvalue weighted by molar-refractivity contribution is -0.128. The predicted octanol–water partition coefficient (Wildman–Crippen LogP) is 3.53. The van der Waals surface area contributed by atoms with Crippen LogP contribution in [0.15, 0.2) is 30.9 Å². The number of carbonyl (C=O) groups is 1. The van der Waals surface area contributed by atoms with E-state index >= 15 is 0 Å². The van der Waals surface area contributed by atoms with Gasteiger partial charge in [-0.15, -0.1) is 6.58 Å². The number of rotatable bonds is 4. The molecule has 0 aliphatic carbocycles. The van der Waals surface area contributed by atoms with Crippen LogP contribution in [0.5, 0.6) is 0 Å². The van der Waals surface area contributed by atoms with Gasteiger partial charge in [0.25, 0.3) is 0 Å². The van der Waals surface area contributed by atoms with Crippen molar-refractivity contribution in [1.29, 1.82) is 0 Å². The number of carbonyl (C=O) groups excluding carboxylic acids is 1. The van der Waals surface area contributed by atoms with E-state index in [2.05, 4.69) is 6.58 Å². The minimum atomic E-state index is -0.00841. The summed E-state index contributed by atoms with van der Waals surface area (Å²) >= 11 is 11.8. The van der Waals surface area contributed by atoms with E-state index in [1.807, 2.05) is 6.07 Å². The van der Waals surface area contributed by atoms with E-state index in [-0.39, 0.29) is 5.91 Å². The molecule has 0 radical (unpaired) electrons. The van der Waals surface area contributed by atoms with Gasteiger partial charge >= 0.3 is 0 Å². The Balaban J connectivity index is 2.84. The van der Waals surface area contributed by atoms with Crippen LogP contribution in [-0.4, -0.2) is 17.4 Å². The molecular formula is C12H13Cl2NO. The molecule has 0 saturated heterocycles. The van der Waals surface area contributed by atoms with Gasteiger partial charge in [0.2, 0.25) is 5.91 Å². The third kappa shape index (κ3) is 3.54. The van der Waals surface area contributed by atoms with E-state index in [0.29, 0.717) is 23.1 Å². The minimum Gasteiger partial charge on any atom is -0.335 e. The van der Waals surface area contributed by atoms with E-state index < -0.39 is 0 Å². The van der Waals surface area contributed by atoms with Crippen molar-refractivity contribution in [2.45, 2.75) is 13.5 Å². The summed E-state index contributed by atoms with van der Waals surface area (Å²) in [5.41, 5.74) is 0.878. The molecule has 0 atom stereocenters. The molecule has 2 nitrogen and oxygen atoms in total. The van der Waals surface area contributed by atoms with Crippen molar-refractivity contribution in [2.24, 2.45) is 0 Å². The second kappa shape index (κ2) is 5.92. The van der Waals surface area contributed by atoms with Gasteiger partial charge in [-0.3, -0.25) is 4.79 Å². The Morgan fingerprint density at radius 3 is 2.69 bits per heavy atom. The highest BCUT2D eigenvalue weighted by atomic mass is 35.5. The van der Waals surface area contributed by atoms with Gasteiger partial charge in [-0.2, -0.15) is 0 Å². The number of benzene rings is 1. The SMILES string of the molecule is C=CCN(Cc1ccc(Cl)cc1Cl)C(C)=O. The summed E-state index contributed by atoms with van der Waals surface area (Å²) in [6.45, 7) is 6.11. The van der Waals surface area contributed by atoms with Crippen molar-refractivity contribution < 1.29 is 4.79 Å². The molecule has 1 amide bonds. The number of halogens is 2. The van der Waals surface area contributed by atoms with Crippen molar-refractivity contribution in [3.63, 3.8) is 0 Å². The number of amides is 1. The van der Waals surface area contributed by atoms with Crippen molar-refractivity contribution in [2.75, 3.05) is 6.54 Å². The minimum absolute atomic E-state index is 0.00841. The van der Waals surface area contributed by atoms with Gasteiger partial charge in [0, 0.05) is 30.1 Å². The van der Waals surface area contributed by atoms with Crippen LogP contribution in [0, 0.1) is 0 Å². The van der Waals surface area contributed by atoms with Gasteiger partial charge in [-0.1, -0.05) is 35.3 Å². The number of nitrogens with zero attached hydrogens (tertiary/aromatic N) is 1. The summed E-state index contributed by atoms with van der Waals surface area (Å²) in [6.07, 6.45) is 1.69. The Morgan fingerprint density at radius 2 is 2.19 bits per heavy atom. The lowest BCUT2D eigenvalue weighted by Gasteiger charge is -2.19. The van der Waals surface area contributed by atoms with Crippen molar-refractivity contribution in [3.05, 3.63) is 46.5 Å². The highest BCUT2D eigenvalue weighted by molar-refractivity contribution is 6.35. The number of hydrogen-bond donors (Lipinski definition) is 0. The molecule has 1 aromatic rings. The maximum atomic E-state index is 11.3. The largest absolute Gasteiger partial charge is 0.335 e. The molecule has 1 aromatic carbocycles. The highest BCUT2D eigenvalue weighted by Crippen LogP contribution is 2.22. The molecule has 86 valence electrons. The van der Waals surface area contributed by atoms with Crippen LogP contribution >= 0.6 is 23.2 Å².